The van der Waals surface area contributed by atoms with Gasteiger partial charge in [-0.15, -0.1) is 0 Å². The van der Waals surface area contributed by atoms with Crippen molar-refractivity contribution in [2.45, 2.75) is 32.6 Å². The van der Waals surface area contributed by atoms with Crippen molar-refractivity contribution in [3.63, 3.8) is 0 Å². The molecule has 0 spiro atoms. The summed E-state index contributed by atoms with van der Waals surface area (Å²) in [6.07, 6.45) is 0. The summed E-state index contributed by atoms with van der Waals surface area (Å²) in [5.41, 5.74) is 5.39. The number of rotatable bonds is 6. The molecule has 0 aromatic rings. The Labute approximate surface area is 77.9 Å². The summed E-state index contributed by atoms with van der Waals surface area (Å²) in [4.78, 5) is 0. The van der Waals surface area contributed by atoms with Gasteiger partial charge in [0.05, 0.1) is 0 Å². The van der Waals surface area contributed by atoms with E-state index < -0.39 is 8.07 Å². The first-order valence-corrected chi connectivity index (χ1v) is 8.57. The van der Waals surface area contributed by atoms with Gasteiger partial charge in [0, 0.05) is 21.2 Å². The van der Waals surface area contributed by atoms with Gasteiger partial charge in [0.1, 0.15) is 0 Å². The third-order valence-corrected chi connectivity index (χ3v) is 3.70. The summed E-state index contributed by atoms with van der Waals surface area (Å²) in [6, 6.07) is 1.41. The van der Waals surface area contributed by atoms with Crippen molar-refractivity contribution >= 4 is 8.07 Å². The minimum atomic E-state index is -0.852. The molecule has 0 aromatic carbocycles. The van der Waals surface area contributed by atoms with E-state index in [4.69, 9.17) is 5.73 Å². The molecule has 0 aliphatic heterocycles. The fourth-order valence-corrected chi connectivity index (χ4v) is 3.80. The van der Waals surface area contributed by atoms with Crippen molar-refractivity contribution in [2.24, 2.45) is 11.7 Å². The van der Waals surface area contributed by atoms with Crippen molar-refractivity contribution in [1.82, 2.24) is 5.32 Å². The summed E-state index contributed by atoms with van der Waals surface area (Å²) in [7, 11) is -0.852. The Hall–Kier alpha value is 0.137. The van der Waals surface area contributed by atoms with E-state index in [9.17, 15) is 0 Å². The normalized spacial score (nSPS) is 14.8. The highest BCUT2D eigenvalue weighted by Crippen LogP contribution is 2.15. The first-order valence-electron chi connectivity index (χ1n) is 4.86. The summed E-state index contributed by atoms with van der Waals surface area (Å²) in [6.45, 7) is 12.4. The molecular formula is C9H24N2Si. The lowest BCUT2D eigenvalue weighted by molar-refractivity contribution is 0.552. The first-order chi connectivity index (χ1) is 5.45. The van der Waals surface area contributed by atoms with E-state index in [-0.39, 0.29) is 0 Å². The van der Waals surface area contributed by atoms with Gasteiger partial charge in [-0.25, -0.2) is 0 Å². The van der Waals surface area contributed by atoms with Crippen LogP contribution in [0, 0.1) is 5.92 Å². The molecule has 0 aliphatic carbocycles. The predicted octanol–water partition coefficient (Wildman–Crippen LogP) is 1.51. The van der Waals surface area contributed by atoms with Gasteiger partial charge in [0.25, 0.3) is 0 Å². The van der Waals surface area contributed by atoms with E-state index in [0.717, 1.165) is 25.6 Å². The maximum absolute atomic E-state index is 5.39. The maximum Gasteiger partial charge on any atom is 0.0445 e. The molecule has 2 nitrogen and oxygen atoms in total. The third-order valence-electron chi connectivity index (χ3n) is 1.77. The predicted molar refractivity (Wildman–Crippen MR) is 59.2 cm³/mol. The molecule has 0 bridgehead atoms. The molecule has 74 valence electrons. The molecule has 0 rings (SSSR count). The molecule has 3 heteroatoms. The highest BCUT2D eigenvalue weighted by Gasteiger charge is 2.16. The lowest BCUT2D eigenvalue weighted by Gasteiger charge is -2.21. The van der Waals surface area contributed by atoms with Crippen LogP contribution in [-0.2, 0) is 0 Å². The van der Waals surface area contributed by atoms with E-state index in [1.54, 1.807) is 0 Å². The Kier molecular flexibility index (Phi) is 5.79. The van der Waals surface area contributed by atoms with Crippen LogP contribution in [0.5, 0.6) is 0 Å². The van der Waals surface area contributed by atoms with Crippen LogP contribution < -0.4 is 11.1 Å². The van der Waals surface area contributed by atoms with Crippen molar-refractivity contribution in [3.05, 3.63) is 0 Å². The molecule has 3 N–H and O–H groups in total. The minimum absolute atomic E-state index is 0.750. The second kappa shape index (κ2) is 5.73. The summed E-state index contributed by atoms with van der Waals surface area (Å²) >= 11 is 0. The van der Waals surface area contributed by atoms with Gasteiger partial charge in [0.2, 0.25) is 0 Å². The highest BCUT2D eigenvalue weighted by molar-refractivity contribution is 6.76. The van der Waals surface area contributed by atoms with Gasteiger partial charge in [-0.1, -0.05) is 32.6 Å². The second-order valence-electron chi connectivity index (χ2n) is 4.86. The van der Waals surface area contributed by atoms with E-state index in [0.29, 0.717) is 0 Å². The zero-order valence-electron chi connectivity index (χ0n) is 8.98. The lowest BCUT2D eigenvalue weighted by Crippen LogP contribution is -2.31. The monoisotopic (exact) mass is 188 g/mol. The van der Waals surface area contributed by atoms with Crippen LogP contribution in [0.1, 0.15) is 6.92 Å². The van der Waals surface area contributed by atoms with Crippen LogP contribution in [0.15, 0.2) is 0 Å². The van der Waals surface area contributed by atoms with Crippen molar-refractivity contribution in [3.8, 4) is 0 Å². The fraction of sp³-hybridized carbons (Fsp3) is 1.00. The third kappa shape index (κ3) is 8.24. The number of hydrogen-bond acceptors (Lipinski definition) is 2. The molecule has 0 amide bonds. The minimum Gasteiger partial charge on any atom is -0.329 e. The number of hydrogen-bond donors (Lipinski definition) is 2. The Morgan fingerprint density at radius 1 is 1.33 bits per heavy atom. The highest BCUT2D eigenvalue weighted by atomic mass is 28.3. The smallest absolute Gasteiger partial charge is 0.0445 e. The van der Waals surface area contributed by atoms with Crippen molar-refractivity contribution in [1.29, 1.82) is 0 Å². The van der Waals surface area contributed by atoms with Crippen molar-refractivity contribution < 1.29 is 0 Å². The average Bonchev–Trinajstić information content (AvgIpc) is 1.84. The summed E-state index contributed by atoms with van der Waals surface area (Å²) in [5, 5.41) is 3.35. The molecule has 0 heterocycles. The SMILES string of the molecule is C[C@@H](CNCCN)C[Si](C)(C)C. The Bertz CT molecular complexity index is 110. The topological polar surface area (TPSA) is 38.0 Å². The number of nitrogens with one attached hydrogen (secondary N) is 1. The molecule has 0 radical (unpaired) electrons. The maximum atomic E-state index is 5.39. The summed E-state index contributed by atoms with van der Waals surface area (Å²) < 4.78 is 0. The number of nitrogens with two attached hydrogens (primary N) is 1. The molecule has 0 aliphatic rings. The van der Waals surface area contributed by atoms with Gasteiger partial charge < -0.3 is 11.1 Å². The van der Waals surface area contributed by atoms with Crippen LogP contribution in [0.2, 0.25) is 25.7 Å². The molecule has 0 fully saturated rings. The molecule has 0 unspecified atom stereocenters. The summed E-state index contributed by atoms with van der Waals surface area (Å²) in [5.74, 6) is 0.809. The molecule has 0 saturated heterocycles. The quantitative estimate of drug-likeness (QED) is 0.490. The van der Waals surface area contributed by atoms with Crippen LogP contribution in [0.3, 0.4) is 0 Å². The Morgan fingerprint density at radius 2 is 1.92 bits per heavy atom. The van der Waals surface area contributed by atoms with Crippen LogP contribution in [0.4, 0.5) is 0 Å². The first kappa shape index (κ1) is 12.1. The van der Waals surface area contributed by atoms with Gasteiger partial charge in [-0.2, -0.15) is 0 Å². The van der Waals surface area contributed by atoms with Gasteiger partial charge in [-0.3, -0.25) is 0 Å². The Balaban J connectivity index is 3.40. The van der Waals surface area contributed by atoms with E-state index >= 15 is 0 Å². The van der Waals surface area contributed by atoms with Gasteiger partial charge in [0.15, 0.2) is 0 Å². The molecule has 1 atom stereocenters. The van der Waals surface area contributed by atoms with Gasteiger partial charge in [-0.05, 0) is 12.5 Å². The van der Waals surface area contributed by atoms with Crippen LogP contribution >= 0.6 is 0 Å². The van der Waals surface area contributed by atoms with E-state index in [1.807, 2.05) is 0 Å². The van der Waals surface area contributed by atoms with E-state index in [1.165, 1.54) is 6.04 Å². The fourth-order valence-electron chi connectivity index (χ4n) is 1.57. The molecule has 0 aromatic heterocycles. The standard InChI is InChI=1S/C9H24N2Si/c1-9(7-11-6-5-10)8-12(2,3)4/h9,11H,5-8,10H2,1-4H3/t9-/m0/s1. The van der Waals surface area contributed by atoms with Crippen molar-refractivity contribution in [2.75, 3.05) is 19.6 Å². The second-order valence-corrected chi connectivity index (χ2v) is 10.4. The van der Waals surface area contributed by atoms with Crippen LogP contribution in [-0.4, -0.2) is 27.7 Å². The largest absolute Gasteiger partial charge is 0.329 e. The molecule has 0 saturated carbocycles. The van der Waals surface area contributed by atoms with Gasteiger partial charge >= 0.3 is 0 Å². The Morgan fingerprint density at radius 3 is 2.33 bits per heavy atom. The molecule has 12 heavy (non-hydrogen) atoms. The lowest BCUT2D eigenvalue weighted by atomic mass is 10.2. The van der Waals surface area contributed by atoms with Crippen LogP contribution in [0.25, 0.3) is 0 Å². The average molecular weight is 188 g/mol. The zero-order chi connectivity index (χ0) is 9.61. The zero-order valence-corrected chi connectivity index (χ0v) is 9.98. The van der Waals surface area contributed by atoms with E-state index in [2.05, 4.69) is 31.9 Å². The molecular weight excluding hydrogens is 164 g/mol.